The smallest absolute Gasteiger partial charge is 0.252 e. The highest BCUT2D eigenvalue weighted by atomic mass is 36.0. The van der Waals surface area contributed by atoms with E-state index >= 15 is 0 Å². The predicted octanol–water partition coefficient (Wildman–Crippen LogP) is 4.09. The van der Waals surface area contributed by atoms with Gasteiger partial charge < -0.3 is 0 Å². The van der Waals surface area contributed by atoms with Gasteiger partial charge in [-0.3, -0.25) is 4.79 Å². The van der Waals surface area contributed by atoms with Crippen molar-refractivity contribution in [2.24, 2.45) is 0 Å². The molecule has 1 aromatic rings. The summed E-state index contributed by atoms with van der Waals surface area (Å²) < 4.78 is 0. The summed E-state index contributed by atoms with van der Waals surface area (Å²) in [7, 11) is 10.1. The van der Waals surface area contributed by atoms with Crippen LogP contribution in [-0.2, 0) is 0 Å². The van der Waals surface area contributed by atoms with Gasteiger partial charge in [-0.25, -0.2) is 0 Å². The second-order valence-electron chi connectivity index (χ2n) is 1.70. The number of rotatable bonds is 1. The Morgan fingerprint density at radius 1 is 1.17 bits per heavy atom. The predicted molar refractivity (Wildman–Crippen MR) is 55.9 cm³/mol. The van der Waals surface area contributed by atoms with E-state index in [0.717, 1.165) is 0 Å². The molecule has 0 heterocycles. The summed E-state index contributed by atoms with van der Waals surface area (Å²) in [5.41, 5.74) is 0.541. The fourth-order valence-electron chi connectivity index (χ4n) is 0.569. The Morgan fingerprint density at radius 3 is 1.83 bits per heavy atom. The number of hydrogen-bond acceptors (Lipinski definition) is 2. The molecule has 5 heteroatoms. The molecular weight excluding hydrogens is 239 g/mol. The summed E-state index contributed by atoms with van der Waals surface area (Å²) in [4.78, 5) is 10.4. The molecule has 0 saturated carbocycles. The van der Waals surface area contributed by atoms with Crippen molar-refractivity contribution in [3.05, 3.63) is 35.9 Å². The molecule has 0 saturated heterocycles. The average Bonchev–Trinajstić information content (AvgIpc) is 2.07. The summed E-state index contributed by atoms with van der Waals surface area (Å²) in [6, 6.07) is 8.74. The van der Waals surface area contributed by atoms with Crippen molar-refractivity contribution in [3.63, 3.8) is 0 Å². The summed E-state index contributed by atoms with van der Waals surface area (Å²) >= 11 is 5.16. The van der Waals surface area contributed by atoms with Gasteiger partial charge in [0.05, 0.1) is 10.2 Å². The SMILES string of the molecule is ClSCl.O=C(Cl)c1ccccc1. The molecule has 66 valence electrons. The third kappa shape index (κ3) is 5.72. The highest BCUT2D eigenvalue weighted by Crippen LogP contribution is 2.08. The molecule has 12 heavy (non-hydrogen) atoms. The second kappa shape index (κ2) is 7.74. The molecule has 0 aliphatic carbocycles. The van der Waals surface area contributed by atoms with Crippen LogP contribution in [0, 0.1) is 0 Å². The Bertz CT molecular complexity index is 227. The summed E-state index contributed by atoms with van der Waals surface area (Å²) in [5, 5.41) is -0.407. The Kier molecular flexibility index (Phi) is 7.81. The second-order valence-corrected chi connectivity index (χ2v) is 3.56. The van der Waals surface area contributed by atoms with Crippen LogP contribution in [0.1, 0.15) is 10.4 Å². The van der Waals surface area contributed by atoms with Gasteiger partial charge in [-0.2, -0.15) is 0 Å². The van der Waals surface area contributed by atoms with Crippen molar-refractivity contribution >= 4 is 48.4 Å². The Hall–Kier alpha value is 0.110. The molecule has 1 nitrogen and oxygen atoms in total. The van der Waals surface area contributed by atoms with E-state index in [-0.39, 0.29) is 0 Å². The summed E-state index contributed by atoms with van der Waals surface area (Å²) in [6.45, 7) is 0. The average molecular weight is 244 g/mol. The van der Waals surface area contributed by atoms with E-state index in [2.05, 4.69) is 21.4 Å². The number of hydrogen-bond donors (Lipinski definition) is 0. The molecular formula is C7H5Cl3OS. The van der Waals surface area contributed by atoms with E-state index in [1.54, 1.807) is 24.3 Å². The molecule has 0 aliphatic rings. The minimum Gasteiger partial charge on any atom is -0.276 e. The molecule has 0 aromatic heterocycles. The molecule has 0 radical (unpaired) electrons. The highest BCUT2D eigenvalue weighted by molar-refractivity contribution is 8.38. The Balaban J connectivity index is 0.000000354. The molecule has 0 N–H and O–H groups in total. The molecule has 0 fully saturated rings. The van der Waals surface area contributed by atoms with Gasteiger partial charge in [-0.15, -0.1) is 0 Å². The summed E-state index contributed by atoms with van der Waals surface area (Å²) in [5.74, 6) is 0. The largest absolute Gasteiger partial charge is 0.276 e. The zero-order valence-corrected chi connectivity index (χ0v) is 8.92. The van der Waals surface area contributed by atoms with Crippen LogP contribution in [0.25, 0.3) is 0 Å². The van der Waals surface area contributed by atoms with Crippen molar-refractivity contribution in [3.8, 4) is 0 Å². The lowest BCUT2D eigenvalue weighted by atomic mass is 10.2. The summed E-state index contributed by atoms with van der Waals surface area (Å²) in [6.07, 6.45) is 0. The van der Waals surface area contributed by atoms with E-state index < -0.39 is 5.24 Å². The van der Waals surface area contributed by atoms with Gasteiger partial charge in [0.15, 0.2) is 0 Å². The highest BCUT2D eigenvalue weighted by Gasteiger charge is 1.95. The van der Waals surface area contributed by atoms with Crippen molar-refractivity contribution < 1.29 is 4.79 Å². The van der Waals surface area contributed by atoms with E-state index in [9.17, 15) is 4.79 Å². The van der Waals surface area contributed by atoms with Crippen LogP contribution in [0.5, 0.6) is 0 Å². The monoisotopic (exact) mass is 242 g/mol. The molecule has 0 aliphatic heterocycles. The van der Waals surface area contributed by atoms with Crippen LogP contribution in [0.2, 0.25) is 0 Å². The Morgan fingerprint density at radius 2 is 1.58 bits per heavy atom. The maximum Gasteiger partial charge on any atom is 0.252 e. The van der Waals surface area contributed by atoms with Gasteiger partial charge in [-0.1, -0.05) is 30.3 Å². The van der Waals surface area contributed by atoms with E-state index in [1.165, 1.54) is 0 Å². The van der Waals surface area contributed by atoms with Crippen LogP contribution < -0.4 is 0 Å². The van der Waals surface area contributed by atoms with Crippen molar-refractivity contribution in [1.82, 2.24) is 0 Å². The maximum absolute atomic E-state index is 10.4. The first-order valence-corrected chi connectivity index (χ1v) is 5.71. The van der Waals surface area contributed by atoms with Gasteiger partial charge in [0.2, 0.25) is 0 Å². The minimum atomic E-state index is -0.407. The topological polar surface area (TPSA) is 17.1 Å². The van der Waals surface area contributed by atoms with Gasteiger partial charge in [0.25, 0.3) is 5.24 Å². The number of benzene rings is 1. The quantitative estimate of drug-likeness (QED) is 0.691. The van der Waals surface area contributed by atoms with Gasteiger partial charge in [-0.05, 0) is 33.0 Å². The van der Waals surface area contributed by atoms with E-state index in [4.69, 9.17) is 11.6 Å². The third-order valence-corrected chi connectivity index (χ3v) is 1.22. The molecule has 0 atom stereocenters. The first kappa shape index (κ1) is 12.1. The molecule has 0 amide bonds. The normalized spacial score (nSPS) is 8.25. The van der Waals surface area contributed by atoms with Crippen LogP contribution in [0.4, 0.5) is 0 Å². The van der Waals surface area contributed by atoms with Crippen LogP contribution in [-0.4, -0.2) is 5.24 Å². The molecule has 0 bridgehead atoms. The molecule has 1 rings (SSSR count). The first-order valence-electron chi connectivity index (χ1n) is 2.86. The van der Waals surface area contributed by atoms with Gasteiger partial charge >= 0.3 is 0 Å². The third-order valence-electron chi connectivity index (χ3n) is 1.00. The molecule has 0 spiro atoms. The zero-order valence-electron chi connectivity index (χ0n) is 5.84. The fourth-order valence-corrected chi connectivity index (χ4v) is 0.695. The lowest BCUT2D eigenvalue weighted by Gasteiger charge is -1.87. The van der Waals surface area contributed by atoms with Crippen molar-refractivity contribution in [2.45, 2.75) is 0 Å². The maximum atomic E-state index is 10.4. The van der Waals surface area contributed by atoms with E-state index in [1.807, 2.05) is 6.07 Å². The lowest BCUT2D eigenvalue weighted by molar-refractivity contribution is 0.108. The minimum absolute atomic E-state index is 0.407. The Labute approximate surface area is 89.0 Å². The van der Waals surface area contributed by atoms with Crippen LogP contribution in [0.15, 0.2) is 30.3 Å². The lowest BCUT2D eigenvalue weighted by Crippen LogP contribution is -1.84. The number of carbonyl (C=O) groups excluding carboxylic acids is 1. The van der Waals surface area contributed by atoms with Gasteiger partial charge in [0, 0.05) is 5.56 Å². The van der Waals surface area contributed by atoms with Crippen LogP contribution >= 0.6 is 43.2 Å². The van der Waals surface area contributed by atoms with Crippen LogP contribution in [0.3, 0.4) is 0 Å². The number of carbonyl (C=O) groups is 1. The fraction of sp³-hybridized carbons (Fsp3) is 0. The van der Waals surface area contributed by atoms with Crippen molar-refractivity contribution in [2.75, 3.05) is 0 Å². The molecule has 0 unspecified atom stereocenters. The zero-order chi connectivity index (χ0) is 9.40. The first-order chi connectivity index (χ1) is 5.72. The number of halogens is 3. The van der Waals surface area contributed by atoms with Gasteiger partial charge in [0.1, 0.15) is 0 Å². The van der Waals surface area contributed by atoms with Crippen molar-refractivity contribution in [1.29, 1.82) is 0 Å². The standard InChI is InChI=1S/C7H5ClO.Cl2S/c8-7(9)6-4-2-1-3-5-6;1-3-2/h1-5H;. The van der Waals surface area contributed by atoms with E-state index in [0.29, 0.717) is 15.8 Å². The molecule has 1 aromatic carbocycles.